The molecule has 1 aliphatic rings. The van der Waals surface area contributed by atoms with Crippen molar-refractivity contribution in [2.24, 2.45) is 0 Å². The Morgan fingerprint density at radius 1 is 1.03 bits per heavy atom. The summed E-state index contributed by atoms with van der Waals surface area (Å²) in [6.07, 6.45) is 2.16. The number of nitrogens with zero attached hydrogens (tertiary/aromatic N) is 3. The SMILES string of the molecule is Cc1ccc(OCCCCn2c(C3CC(=O)N(c4ccccc4F)C3)nc3ccccc32)c(C)c1. The normalized spacial score (nSPS) is 15.8. The highest BCUT2D eigenvalue weighted by atomic mass is 19.1. The van der Waals surface area contributed by atoms with Gasteiger partial charge in [-0.2, -0.15) is 0 Å². The number of unbranched alkanes of at least 4 members (excludes halogenated alkanes) is 1. The van der Waals surface area contributed by atoms with E-state index in [0.717, 1.165) is 47.6 Å². The minimum atomic E-state index is -0.376. The summed E-state index contributed by atoms with van der Waals surface area (Å²) in [6, 6.07) is 20.8. The number of benzene rings is 3. The molecule has 0 aliphatic carbocycles. The maximum Gasteiger partial charge on any atom is 0.227 e. The zero-order valence-corrected chi connectivity index (χ0v) is 20.2. The number of fused-ring (bicyclic) bond motifs is 1. The van der Waals surface area contributed by atoms with Gasteiger partial charge in [-0.25, -0.2) is 9.37 Å². The number of aryl methyl sites for hydroxylation is 3. The molecule has 0 spiro atoms. The maximum absolute atomic E-state index is 14.4. The number of imidazole rings is 1. The van der Waals surface area contributed by atoms with Crippen LogP contribution in [-0.2, 0) is 11.3 Å². The van der Waals surface area contributed by atoms with Crippen molar-refractivity contribution in [2.75, 3.05) is 18.1 Å². The van der Waals surface area contributed by atoms with Crippen LogP contribution in [0.3, 0.4) is 0 Å². The molecule has 4 aromatic rings. The van der Waals surface area contributed by atoms with Crippen LogP contribution >= 0.6 is 0 Å². The first-order valence-corrected chi connectivity index (χ1v) is 12.2. The second-order valence-corrected chi connectivity index (χ2v) is 9.29. The van der Waals surface area contributed by atoms with E-state index < -0.39 is 0 Å². The molecule has 0 radical (unpaired) electrons. The molecule has 3 aromatic carbocycles. The number of anilines is 1. The first-order valence-electron chi connectivity index (χ1n) is 12.2. The highest BCUT2D eigenvalue weighted by Crippen LogP contribution is 2.34. The quantitative estimate of drug-likeness (QED) is 0.289. The molecule has 180 valence electrons. The lowest BCUT2D eigenvalue weighted by Gasteiger charge is -2.18. The first-order chi connectivity index (χ1) is 17.0. The Labute approximate surface area is 205 Å². The third kappa shape index (κ3) is 4.78. The van der Waals surface area contributed by atoms with Crippen LogP contribution in [0.25, 0.3) is 11.0 Å². The van der Waals surface area contributed by atoms with Crippen LogP contribution in [0.5, 0.6) is 5.75 Å². The van der Waals surface area contributed by atoms with Crippen molar-refractivity contribution in [1.82, 2.24) is 9.55 Å². The van der Waals surface area contributed by atoms with Gasteiger partial charge in [-0.1, -0.05) is 42.0 Å². The Kier molecular flexibility index (Phi) is 6.53. The lowest BCUT2D eigenvalue weighted by Crippen LogP contribution is -2.25. The molecule has 1 saturated heterocycles. The van der Waals surface area contributed by atoms with Crippen molar-refractivity contribution < 1.29 is 13.9 Å². The van der Waals surface area contributed by atoms with Crippen molar-refractivity contribution in [1.29, 1.82) is 0 Å². The lowest BCUT2D eigenvalue weighted by molar-refractivity contribution is -0.117. The Morgan fingerprint density at radius 3 is 2.66 bits per heavy atom. The number of hydrogen-bond donors (Lipinski definition) is 0. The Morgan fingerprint density at radius 2 is 1.83 bits per heavy atom. The van der Waals surface area contributed by atoms with Crippen molar-refractivity contribution >= 4 is 22.6 Å². The van der Waals surface area contributed by atoms with Crippen molar-refractivity contribution in [3.63, 3.8) is 0 Å². The summed E-state index contributed by atoms with van der Waals surface area (Å²) < 4.78 is 22.6. The number of carbonyl (C=O) groups excluding carboxylic acids is 1. The molecule has 2 heterocycles. The molecule has 0 bridgehead atoms. The van der Waals surface area contributed by atoms with Gasteiger partial charge in [0.15, 0.2) is 0 Å². The van der Waals surface area contributed by atoms with E-state index in [-0.39, 0.29) is 17.6 Å². The molecule has 1 fully saturated rings. The fraction of sp³-hybridized carbons (Fsp3) is 0.310. The molecular formula is C29H30FN3O2. The summed E-state index contributed by atoms with van der Waals surface area (Å²) in [6.45, 7) is 6.02. The number of rotatable bonds is 8. The molecule has 1 unspecified atom stereocenters. The van der Waals surface area contributed by atoms with Crippen LogP contribution in [0.15, 0.2) is 66.7 Å². The number of hydrogen-bond acceptors (Lipinski definition) is 3. The van der Waals surface area contributed by atoms with Gasteiger partial charge in [-0.3, -0.25) is 4.79 Å². The predicted octanol–water partition coefficient (Wildman–Crippen LogP) is 6.17. The zero-order chi connectivity index (χ0) is 24.4. The van der Waals surface area contributed by atoms with E-state index in [1.165, 1.54) is 11.6 Å². The summed E-state index contributed by atoms with van der Waals surface area (Å²) in [5.41, 5.74) is 4.71. The average Bonchev–Trinajstić information content (AvgIpc) is 3.41. The van der Waals surface area contributed by atoms with Crippen LogP contribution in [0.2, 0.25) is 0 Å². The third-order valence-electron chi connectivity index (χ3n) is 6.68. The summed E-state index contributed by atoms with van der Waals surface area (Å²) >= 11 is 0. The standard InChI is InChI=1S/C29H30FN3O2/c1-20-13-14-27(21(2)17-20)35-16-8-7-15-32-26-12-6-4-10-24(26)31-29(32)22-18-28(34)33(19-22)25-11-5-3-9-23(25)30/h3-6,9-14,17,22H,7-8,15-16,18-19H2,1-2H3. The molecule has 35 heavy (non-hydrogen) atoms. The van der Waals surface area contributed by atoms with Gasteiger partial charge in [0.05, 0.1) is 23.3 Å². The summed E-state index contributed by atoms with van der Waals surface area (Å²) in [5.74, 6) is 1.30. The van der Waals surface area contributed by atoms with Crippen molar-refractivity contribution in [3.05, 3.63) is 89.5 Å². The molecular weight excluding hydrogens is 441 g/mol. The van der Waals surface area contributed by atoms with Gasteiger partial charge in [-0.15, -0.1) is 0 Å². The van der Waals surface area contributed by atoms with E-state index in [1.54, 1.807) is 23.1 Å². The number of para-hydroxylation sites is 3. The first kappa shape index (κ1) is 23.1. The minimum absolute atomic E-state index is 0.0689. The van der Waals surface area contributed by atoms with E-state index in [2.05, 4.69) is 36.6 Å². The largest absolute Gasteiger partial charge is 0.493 e. The Balaban J connectivity index is 1.30. The molecule has 5 rings (SSSR count). The lowest BCUT2D eigenvalue weighted by atomic mass is 10.1. The summed E-state index contributed by atoms with van der Waals surface area (Å²) in [4.78, 5) is 19.3. The van der Waals surface area contributed by atoms with Gasteiger partial charge < -0.3 is 14.2 Å². The van der Waals surface area contributed by atoms with Crippen LogP contribution in [0.4, 0.5) is 10.1 Å². The van der Waals surface area contributed by atoms with Gasteiger partial charge in [0.2, 0.25) is 5.91 Å². The fourth-order valence-electron chi connectivity index (χ4n) is 4.94. The van der Waals surface area contributed by atoms with E-state index in [0.29, 0.717) is 25.3 Å². The number of amides is 1. The molecule has 1 aliphatic heterocycles. The van der Waals surface area contributed by atoms with Gasteiger partial charge in [0.1, 0.15) is 17.4 Å². The van der Waals surface area contributed by atoms with Crippen LogP contribution in [0.1, 0.15) is 42.1 Å². The van der Waals surface area contributed by atoms with E-state index in [9.17, 15) is 9.18 Å². The van der Waals surface area contributed by atoms with Crippen LogP contribution in [0, 0.1) is 19.7 Å². The second-order valence-electron chi connectivity index (χ2n) is 9.29. The highest BCUT2D eigenvalue weighted by Gasteiger charge is 2.35. The van der Waals surface area contributed by atoms with Gasteiger partial charge in [0.25, 0.3) is 0 Å². The Hall–Kier alpha value is -3.67. The topological polar surface area (TPSA) is 47.4 Å². The third-order valence-corrected chi connectivity index (χ3v) is 6.68. The molecule has 0 saturated carbocycles. The molecule has 0 N–H and O–H groups in total. The predicted molar refractivity (Wildman–Crippen MR) is 136 cm³/mol. The fourth-order valence-corrected chi connectivity index (χ4v) is 4.94. The van der Waals surface area contributed by atoms with Crippen molar-refractivity contribution in [2.45, 2.75) is 45.6 Å². The van der Waals surface area contributed by atoms with Crippen LogP contribution in [-0.4, -0.2) is 28.6 Å². The monoisotopic (exact) mass is 471 g/mol. The molecule has 1 amide bonds. The number of ether oxygens (including phenoxy) is 1. The van der Waals surface area contributed by atoms with E-state index in [1.807, 2.05) is 24.3 Å². The molecule has 1 aromatic heterocycles. The van der Waals surface area contributed by atoms with Gasteiger partial charge in [0, 0.05) is 25.4 Å². The van der Waals surface area contributed by atoms with Crippen molar-refractivity contribution in [3.8, 4) is 5.75 Å². The minimum Gasteiger partial charge on any atom is -0.493 e. The zero-order valence-electron chi connectivity index (χ0n) is 20.2. The molecule has 1 atom stereocenters. The van der Waals surface area contributed by atoms with Gasteiger partial charge >= 0.3 is 0 Å². The molecule has 6 heteroatoms. The van der Waals surface area contributed by atoms with E-state index in [4.69, 9.17) is 9.72 Å². The van der Waals surface area contributed by atoms with Gasteiger partial charge in [-0.05, 0) is 62.6 Å². The average molecular weight is 472 g/mol. The van der Waals surface area contributed by atoms with Crippen LogP contribution < -0.4 is 9.64 Å². The second kappa shape index (κ2) is 9.90. The number of aromatic nitrogens is 2. The highest BCUT2D eigenvalue weighted by molar-refractivity contribution is 5.96. The smallest absolute Gasteiger partial charge is 0.227 e. The summed E-state index contributed by atoms with van der Waals surface area (Å²) in [5, 5.41) is 0. The number of halogens is 1. The Bertz CT molecular complexity index is 1360. The number of carbonyl (C=O) groups is 1. The summed E-state index contributed by atoms with van der Waals surface area (Å²) in [7, 11) is 0. The molecule has 5 nitrogen and oxygen atoms in total. The maximum atomic E-state index is 14.4. The van der Waals surface area contributed by atoms with E-state index >= 15 is 0 Å².